The Balaban J connectivity index is 1.81. The van der Waals surface area contributed by atoms with Crippen molar-refractivity contribution in [3.63, 3.8) is 0 Å². The molecule has 41 heavy (non-hydrogen) atoms. The first kappa shape index (κ1) is 28.2. The van der Waals surface area contributed by atoms with Gasteiger partial charge in [-0.3, -0.25) is 9.69 Å². The fourth-order valence-electron chi connectivity index (χ4n) is 5.41. The number of benzene rings is 2. The summed E-state index contributed by atoms with van der Waals surface area (Å²) in [5, 5.41) is 14.0. The minimum atomic E-state index is -4.04. The molecule has 1 aromatic heterocycles. The van der Waals surface area contributed by atoms with Gasteiger partial charge in [0.15, 0.2) is 9.84 Å². The number of fused-ring (bicyclic) bond motifs is 1. The van der Waals surface area contributed by atoms with Crippen LogP contribution < -0.4 is 15.0 Å². The molecule has 0 aliphatic carbocycles. The number of hydrogen-bond acceptors (Lipinski definition) is 7. The molecule has 0 bridgehead atoms. The molecule has 2 aliphatic heterocycles. The summed E-state index contributed by atoms with van der Waals surface area (Å²) in [4.78, 5) is 19.8. The molecule has 0 saturated carbocycles. The number of sulfone groups is 1. The van der Waals surface area contributed by atoms with E-state index in [0.717, 1.165) is 6.07 Å². The summed E-state index contributed by atoms with van der Waals surface area (Å²) in [6.45, 7) is 7.10. The molecule has 0 spiro atoms. The van der Waals surface area contributed by atoms with Gasteiger partial charge in [-0.1, -0.05) is 31.9 Å². The Bertz CT molecular complexity index is 1750. The van der Waals surface area contributed by atoms with Gasteiger partial charge >= 0.3 is 0 Å². The number of allylic oxidation sites excluding steroid dienone is 1. The van der Waals surface area contributed by atoms with Gasteiger partial charge in [-0.05, 0) is 62.1 Å². The van der Waals surface area contributed by atoms with Crippen molar-refractivity contribution in [2.24, 2.45) is 5.41 Å². The van der Waals surface area contributed by atoms with E-state index in [1.54, 1.807) is 38.1 Å². The molecule has 3 aromatic rings. The molecule has 212 valence electrons. The number of ether oxygens (including phenoxy) is 1. The van der Waals surface area contributed by atoms with Gasteiger partial charge in [0, 0.05) is 23.0 Å². The number of nitrogens with one attached hydrogen (secondary N) is 1. The van der Waals surface area contributed by atoms with Crippen LogP contribution in [0.25, 0.3) is 0 Å². The summed E-state index contributed by atoms with van der Waals surface area (Å²) in [7, 11) is -4.04. The molecule has 3 heterocycles. The number of aromatic nitrogens is 1. The molecule has 1 unspecified atom stereocenters. The zero-order chi connectivity index (χ0) is 29.5. The summed E-state index contributed by atoms with van der Waals surface area (Å²) in [5.41, 5.74) is 0.534. The van der Waals surface area contributed by atoms with Crippen LogP contribution in [0.3, 0.4) is 0 Å². The Kier molecular flexibility index (Phi) is 7.26. The van der Waals surface area contributed by atoms with Crippen LogP contribution in [0.4, 0.5) is 15.8 Å². The van der Waals surface area contributed by atoms with Gasteiger partial charge in [0.05, 0.1) is 16.3 Å². The highest BCUT2D eigenvalue weighted by Gasteiger charge is 2.48. The maximum Gasteiger partial charge on any atom is 0.277 e. The summed E-state index contributed by atoms with van der Waals surface area (Å²) >= 11 is 0. The van der Waals surface area contributed by atoms with E-state index in [0.29, 0.717) is 11.4 Å². The third-order valence-electron chi connectivity index (χ3n) is 7.01. The monoisotopic (exact) mass is 575 g/mol. The number of anilines is 2. The highest BCUT2D eigenvalue weighted by Crippen LogP contribution is 2.52. The summed E-state index contributed by atoms with van der Waals surface area (Å²) in [6.07, 6.45) is 0.287. The van der Waals surface area contributed by atoms with Crippen LogP contribution in [0.2, 0.25) is 0 Å². The first-order valence-electron chi connectivity index (χ1n) is 13.1. The van der Waals surface area contributed by atoms with Crippen LogP contribution in [0.15, 0.2) is 65.2 Å². The Labute approximate surface area is 238 Å². The van der Waals surface area contributed by atoms with Gasteiger partial charge in [0.1, 0.15) is 41.3 Å². The summed E-state index contributed by atoms with van der Waals surface area (Å²) < 4.78 is 49.6. The van der Waals surface area contributed by atoms with Crippen molar-refractivity contribution in [1.82, 2.24) is 4.98 Å². The number of aromatic hydroxyl groups is 1. The van der Waals surface area contributed by atoms with E-state index >= 15 is 4.39 Å². The van der Waals surface area contributed by atoms with E-state index in [4.69, 9.17) is 4.74 Å². The standard InChI is InChI=1S/C31H30FN3O5S/c1-5-6-15-40-20-13-14-21(22(32)16-20)28-29-24(17-31(3,4)18-41(29,38)39)34-27-25(11-8-12-26(27)36)35(28)30(37)23-10-7-9-19(2)33-23/h7-14,16,28,34,36H,15,17-18H2,1-4H3. The molecule has 1 amide bonds. The van der Waals surface area contributed by atoms with Crippen LogP contribution in [-0.2, 0) is 9.84 Å². The molecule has 0 fully saturated rings. The van der Waals surface area contributed by atoms with Crippen LogP contribution in [0.5, 0.6) is 11.5 Å². The molecule has 2 aliphatic rings. The van der Waals surface area contributed by atoms with Gasteiger partial charge in [-0.2, -0.15) is 0 Å². The topological polar surface area (TPSA) is 109 Å². The maximum atomic E-state index is 16.0. The minimum absolute atomic E-state index is 0.0420. The number of phenolic OH excluding ortho intramolecular Hbond substituents is 1. The average Bonchev–Trinajstić information content (AvgIpc) is 3.03. The highest BCUT2D eigenvalue weighted by atomic mass is 32.2. The minimum Gasteiger partial charge on any atom is -0.506 e. The van der Waals surface area contributed by atoms with E-state index in [-0.39, 0.29) is 57.8 Å². The molecular weight excluding hydrogens is 545 g/mol. The molecular formula is C31H30FN3O5S. The first-order chi connectivity index (χ1) is 19.4. The van der Waals surface area contributed by atoms with E-state index in [1.807, 2.05) is 13.8 Å². The normalized spacial score (nSPS) is 18.7. The van der Waals surface area contributed by atoms with Crippen LogP contribution in [0.1, 0.15) is 55.0 Å². The van der Waals surface area contributed by atoms with E-state index in [1.165, 1.54) is 29.2 Å². The molecule has 1 atom stereocenters. The van der Waals surface area contributed by atoms with Gasteiger partial charge in [0.2, 0.25) is 0 Å². The lowest BCUT2D eigenvalue weighted by Gasteiger charge is -2.37. The molecule has 5 rings (SSSR count). The van der Waals surface area contributed by atoms with Crippen LogP contribution in [0, 0.1) is 30.0 Å². The predicted octanol–water partition coefficient (Wildman–Crippen LogP) is 5.51. The molecule has 8 nitrogen and oxygen atoms in total. The largest absolute Gasteiger partial charge is 0.506 e. The zero-order valence-electron chi connectivity index (χ0n) is 23.2. The quantitative estimate of drug-likeness (QED) is 0.312. The summed E-state index contributed by atoms with van der Waals surface area (Å²) in [5.74, 6) is 3.85. The van der Waals surface area contributed by atoms with E-state index in [9.17, 15) is 18.3 Å². The van der Waals surface area contributed by atoms with Crippen molar-refractivity contribution < 1.29 is 27.4 Å². The van der Waals surface area contributed by atoms with Crippen molar-refractivity contribution >= 4 is 27.1 Å². The number of amides is 1. The number of nitrogens with zero attached hydrogens (tertiary/aromatic N) is 2. The number of pyridine rings is 1. The molecule has 2 aromatic carbocycles. The van der Waals surface area contributed by atoms with Crippen molar-refractivity contribution in [3.8, 4) is 23.3 Å². The first-order valence-corrected chi connectivity index (χ1v) is 14.7. The number of rotatable bonds is 4. The fraction of sp³-hybridized carbons (Fsp3) is 0.290. The highest BCUT2D eigenvalue weighted by molar-refractivity contribution is 7.95. The van der Waals surface area contributed by atoms with Crippen molar-refractivity contribution in [3.05, 3.63) is 88.0 Å². The lowest BCUT2D eigenvalue weighted by Crippen LogP contribution is -2.41. The Hall–Kier alpha value is -4.36. The maximum absolute atomic E-state index is 16.0. The third kappa shape index (κ3) is 5.37. The van der Waals surface area contributed by atoms with Gasteiger partial charge in [-0.25, -0.2) is 17.8 Å². The van der Waals surface area contributed by atoms with Gasteiger partial charge in [-0.15, -0.1) is 5.92 Å². The van der Waals surface area contributed by atoms with E-state index in [2.05, 4.69) is 22.1 Å². The number of aryl methyl sites for hydroxylation is 1. The number of carbonyl (C=O) groups is 1. The number of phenols is 1. The van der Waals surface area contributed by atoms with Gasteiger partial charge in [0.25, 0.3) is 5.91 Å². The second-order valence-electron chi connectivity index (χ2n) is 10.9. The number of halogens is 1. The molecule has 0 radical (unpaired) electrons. The van der Waals surface area contributed by atoms with Crippen LogP contribution in [-0.4, -0.2) is 36.8 Å². The Morgan fingerprint density at radius 2 is 1.98 bits per heavy atom. The summed E-state index contributed by atoms with van der Waals surface area (Å²) in [6, 6.07) is 12.2. The third-order valence-corrected chi connectivity index (χ3v) is 9.31. The van der Waals surface area contributed by atoms with Gasteiger partial charge < -0.3 is 15.2 Å². The Morgan fingerprint density at radius 1 is 1.22 bits per heavy atom. The smallest absolute Gasteiger partial charge is 0.277 e. The second kappa shape index (κ2) is 10.6. The Morgan fingerprint density at radius 3 is 2.68 bits per heavy atom. The lowest BCUT2D eigenvalue weighted by molar-refractivity contribution is 0.0975. The van der Waals surface area contributed by atoms with Crippen LogP contribution >= 0.6 is 0 Å². The predicted molar refractivity (Wildman–Crippen MR) is 155 cm³/mol. The molecule has 10 heteroatoms. The van der Waals surface area contributed by atoms with Crippen molar-refractivity contribution in [1.29, 1.82) is 0 Å². The average molecular weight is 576 g/mol. The van der Waals surface area contributed by atoms with Crippen molar-refractivity contribution in [2.75, 3.05) is 22.6 Å². The fourth-order valence-corrected chi connectivity index (χ4v) is 7.76. The molecule has 2 N–H and O–H groups in total. The van der Waals surface area contributed by atoms with Crippen molar-refractivity contribution in [2.45, 2.75) is 40.2 Å². The zero-order valence-corrected chi connectivity index (χ0v) is 24.0. The number of hydrogen-bond donors (Lipinski definition) is 2. The molecule has 0 saturated heterocycles. The lowest BCUT2D eigenvalue weighted by atomic mass is 9.88. The number of para-hydroxylation sites is 1. The SMILES string of the molecule is CC#CCOc1ccc(C2C3=C(CC(C)(C)CS3(=O)=O)Nc3c(O)cccc3N2C(=O)c2cccc(C)n2)c(F)c1. The number of carbonyl (C=O) groups excluding carboxylic acids is 1. The second-order valence-corrected chi connectivity index (χ2v) is 12.8. The van der Waals surface area contributed by atoms with E-state index < -0.39 is 33.0 Å².